The first-order valence-corrected chi connectivity index (χ1v) is 13.0. The molecule has 0 aliphatic rings. The second kappa shape index (κ2) is 3.58. The summed E-state index contributed by atoms with van der Waals surface area (Å²) in [7, 11) is 0. The molecule has 0 aromatic rings. The van der Waals surface area contributed by atoms with Crippen LogP contribution < -0.4 is 0 Å². The molecule has 0 heterocycles. The number of hydrogen-bond donors (Lipinski definition) is 0. The van der Waals surface area contributed by atoms with Crippen molar-refractivity contribution >= 4 is 55.0 Å². The van der Waals surface area contributed by atoms with Crippen LogP contribution in [0.25, 0.3) is 0 Å². The van der Waals surface area contributed by atoms with Crippen molar-refractivity contribution in [3.63, 3.8) is 0 Å². The monoisotopic (exact) mass is 370 g/mol. The Morgan fingerprint density at radius 2 is 0.750 bits per heavy atom. The molecule has 0 atom stereocenters. The van der Waals surface area contributed by atoms with Crippen LogP contribution in [0, 0.1) is 0 Å². The summed E-state index contributed by atoms with van der Waals surface area (Å²) < 4.78 is 75.9. The van der Waals surface area contributed by atoms with Gasteiger partial charge in [0.2, 0.25) is 0 Å². The first kappa shape index (κ1) is 17.6. The molecule has 0 radical (unpaired) electrons. The molecule has 0 aliphatic heterocycles. The Kier molecular flexibility index (Phi) is 3.94. The van der Waals surface area contributed by atoms with Gasteiger partial charge in [0, 0.05) is 0 Å². The second-order valence-electron chi connectivity index (χ2n) is 3.43. The van der Waals surface area contributed by atoms with E-state index in [0.29, 0.717) is 0 Å². The van der Waals surface area contributed by atoms with Gasteiger partial charge in [-0.3, -0.25) is 0 Å². The van der Waals surface area contributed by atoms with Crippen molar-refractivity contribution < 1.29 is 26.3 Å². The second-order valence-corrected chi connectivity index (χ2v) is 29.4. The van der Waals surface area contributed by atoms with Crippen LogP contribution in [0.4, 0.5) is 26.3 Å². The maximum absolute atomic E-state index is 12.6. The molecule has 0 bridgehead atoms. The van der Waals surface area contributed by atoms with Crippen LogP contribution in [0.3, 0.4) is 0 Å². The summed E-state index contributed by atoms with van der Waals surface area (Å²) in [5, 5.41) is 0. The van der Waals surface area contributed by atoms with Gasteiger partial charge in [-0.1, -0.05) is 0 Å². The van der Waals surface area contributed by atoms with Gasteiger partial charge in [0.1, 0.15) is 0 Å². The number of rotatable bonds is 1. The molecular formula is C4H6Cl4F6P2. The Morgan fingerprint density at radius 3 is 0.812 bits per heavy atom. The minimum absolute atomic E-state index is 0.0417. The van der Waals surface area contributed by atoms with E-state index in [9.17, 15) is 26.3 Å². The van der Waals surface area contributed by atoms with E-state index >= 15 is 0 Å². The van der Waals surface area contributed by atoms with E-state index in [2.05, 4.69) is 0 Å². The molecule has 0 amide bonds. The Hall–Kier alpha value is 1.60. The normalized spacial score (nSPS) is 20.8. The van der Waals surface area contributed by atoms with Crippen LogP contribution in [-0.2, 0) is 0 Å². The number of alkyl halides is 6. The molecule has 16 heavy (non-hydrogen) atoms. The topological polar surface area (TPSA) is 0 Å². The fourth-order valence-corrected chi connectivity index (χ4v) is 7.69. The fourth-order valence-electron chi connectivity index (χ4n) is 0.512. The molecule has 0 aromatic heterocycles. The average molecular weight is 372 g/mol. The Bertz CT molecular complexity index is 271. The number of hydrogen-bond acceptors (Lipinski definition) is 0. The Balaban J connectivity index is 6.23. The van der Waals surface area contributed by atoms with E-state index in [4.69, 9.17) is 45.0 Å². The first-order chi connectivity index (χ1) is 6.33. The molecule has 0 saturated heterocycles. The van der Waals surface area contributed by atoms with Gasteiger partial charge in [0.15, 0.2) is 0 Å². The van der Waals surface area contributed by atoms with Crippen LogP contribution in [0.1, 0.15) is 0 Å². The van der Waals surface area contributed by atoms with Crippen molar-refractivity contribution in [2.24, 2.45) is 0 Å². The molecule has 0 aromatic carbocycles. The average Bonchev–Trinajstić information content (AvgIpc) is 1.76. The van der Waals surface area contributed by atoms with Crippen molar-refractivity contribution in [3.05, 3.63) is 0 Å². The van der Waals surface area contributed by atoms with Crippen molar-refractivity contribution in [2.45, 2.75) is 11.8 Å². The zero-order valence-electron chi connectivity index (χ0n) is 7.67. The molecular weight excluding hydrogens is 366 g/mol. The summed E-state index contributed by atoms with van der Waals surface area (Å²) in [6.07, 6.45) is 0. The van der Waals surface area contributed by atoms with Crippen LogP contribution >= 0.6 is 55.0 Å². The van der Waals surface area contributed by atoms with E-state index < -0.39 is 21.8 Å². The van der Waals surface area contributed by atoms with Gasteiger partial charge < -0.3 is 0 Å². The van der Waals surface area contributed by atoms with Crippen molar-refractivity contribution in [1.82, 2.24) is 0 Å². The Morgan fingerprint density at radius 1 is 0.625 bits per heavy atom. The van der Waals surface area contributed by atoms with Crippen LogP contribution in [-0.4, -0.2) is 25.2 Å². The molecule has 0 aliphatic carbocycles. The van der Waals surface area contributed by atoms with Crippen molar-refractivity contribution in [2.75, 3.05) is 13.3 Å². The zero-order chi connectivity index (χ0) is 13.9. The molecule has 0 fully saturated rings. The predicted octanol–water partition coefficient (Wildman–Crippen LogP) is 6.92. The van der Waals surface area contributed by atoms with E-state index in [1.165, 1.54) is 0 Å². The predicted molar refractivity (Wildman–Crippen MR) is 61.2 cm³/mol. The van der Waals surface area contributed by atoms with Gasteiger partial charge in [-0.15, -0.1) is 0 Å². The van der Waals surface area contributed by atoms with Gasteiger partial charge in [0.25, 0.3) is 0 Å². The van der Waals surface area contributed by atoms with Gasteiger partial charge >= 0.3 is 106 Å². The van der Waals surface area contributed by atoms with Crippen molar-refractivity contribution in [1.29, 1.82) is 0 Å². The summed E-state index contributed by atoms with van der Waals surface area (Å²) in [4.78, 5) is -12.8. The molecule has 0 saturated carbocycles. The SMILES string of the molecule is CP(Cl)(Cl)(C(F)(F)F)P(C)(Cl)(Cl)C(F)(F)F. The standard InChI is InChI=1S/C4H6Cl4F6P2/c1-15(5,6,3(9,10)11)16(2,7,8)4(12,13)14/h1-2H3. The molecule has 0 unspecified atom stereocenters. The quantitative estimate of drug-likeness (QED) is 0.346. The molecule has 12 heteroatoms. The Labute approximate surface area is 106 Å². The third-order valence-electron chi connectivity index (χ3n) is 2.14. The summed E-state index contributed by atoms with van der Waals surface area (Å²) >= 11 is 20.1. The minimum atomic E-state index is -6.40. The van der Waals surface area contributed by atoms with Gasteiger partial charge in [-0.2, -0.15) is 0 Å². The maximum atomic E-state index is 12.6. The van der Waals surface area contributed by atoms with Crippen LogP contribution in [0.15, 0.2) is 0 Å². The van der Waals surface area contributed by atoms with Crippen molar-refractivity contribution in [3.8, 4) is 0 Å². The summed E-state index contributed by atoms with van der Waals surface area (Å²) in [6.45, 7) is 0.0834. The molecule has 0 rings (SSSR count). The first-order valence-electron chi connectivity index (χ1n) is 3.35. The van der Waals surface area contributed by atoms with E-state index in [0.717, 1.165) is 0 Å². The molecule has 0 N–H and O–H groups in total. The summed E-state index contributed by atoms with van der Waals surface area (Å²) in [5.74, 6) is -11.1. The third-order valence-corrected chi connectivity index (χ3v) is 32.6. The fraction of sp³-hybridized carbons (Fsp3) is 1.00. The molecule has 102 valence electrons. The van der Waals surface area contributed by atoms with Crippen LogP contribution in [0.5, 0.6) is 0 Å². The number of halogens is 10. The molecule has 0 spiro atoms. The zero-order valence-corrected chi connectivity index (χ0v) is 12.5. The molecule has 0 nitrogen and oxygen atoms in total. The summed E-state index contributed by atoms with van der Waals surface area (Å²) in [6, 6.07) is 0. The van der Waals surface area contributed by atoms with E-state index in [-0.39, 0.29) is 13.3 Å². The van der Waals surface area contributed by atoms with E-state index in [1.807, 2.05) is 0 Å². The third kappa shape index (κ3) is 1.92. The summed E-state index contributed by atoms with van der Waals surface area (Å²) in [5.41, 5.74) is 0. The van der Waals surface area contributed by atoms with Gasteiger partial charge in [0.05, 0.1) is 0 Å². The van der Waals surface area contributed by atoms with Gasteiger partial charge in [-0.25, -0.2) is 0 Å². The van der Waals surface area contributed by atoms with Gasteiger partial charge in [-0.05, 0) is 0 Å². The van der Waals surface area contributed by atoms with Crippen LogP contribution in [0.2, 0.25) is 0 Å². The van der Waals surface area contributed by atoms with E-state index in [1.54, 1.807) is 0 Å².